The summed E-state index contributed by atoms with van der Waals surface area (Å²) in [6.45, 7) is 5.33. The normalized spacial score (nSPS) is 19.0. The van der Waals surface area contributed by atoms with Crippen molar-refractivity contribution in [1.82, 2.24) is 0 Å². The van der Waals surface area contributed by atoms with Crippen LogP contribution in [0.5, 0.6) is 0 Å². The van der Waals surface area contributed by atoms with Gasteiger partial charge in [-0.05, 0) is 5.92 Å². The Morgan fingerprint density at radius 1 is 1.45 bits per heavy atom. The number of aliphatic hydroxyl groups is 2. The molecule has 0 rings (SSSR count). The lowest BCUT2D eigenvalue weighted by atomic mass is 9.81. The molecule has 2 heteroatoms. The van der Waals surface area contributed by atoms with Crippen molar-refractivity contribution >= 4 is 0 Å². The second kappa shape index (κ2) is 3.75. The van der Waals surface area contributed by atoms with Gasteiger partial charge in [-0.25, -0.2) is 0 Å². The first-order valence-corrected chi connectivity index (χ1v) is 3.80. The Morgan fingerprint density at radius 2 is 1.91 bits per heavy atom. The molecule has 0 amide bonds. The van der Waals surface area contributed by atoms with E-state index in [0.29, 0.717) is 0 Å². The van der Waals surface area contributed by atoms with Gasteiger partial charge in [0.25, 0.3) is 0 Å². The summed E-state index contributed by atoms with van der Waals surface area (Å²) < 4.78 is 0. The van der Waals surface area contributed by atoms with E-state index in [9.17, 15) is 5.11 Å². The predicted octanol–water partition coefficient (Wildman–Crippen LogP) is 0.635. The van der Waals surface area contributed by atoms with E-state index >= 15 is 0 Å². The van der Waals surface area contributed by atoms with Gasteiger partial charge in [0.2, 0.25) is 0 Å². The second-order valence-corrected chi connectivity index (χ2v) is 3.21. The molecule has 0 aromatic carbocycles. The van der Waals surface area contributed by atoms with E-state index in [1.165, 1.54) is 0 Å². The third kappa shape index (κ3) is 1.95. The van der Waals surface area contributed by atoms with E-state index in [1.54, 1.807) is 6.92 Å². The van der Waals surface area contributed by atoms with Gasteiger partial charge < -0.3 is 10.2 Å². The Kier molecular flexibility index (Phi) is 3.57. The van der Waals surface area contributed by atoms with Crippen LogP contribution in [-0.2, 0) is 0 Å². The fraction of sp³-hybridized carbons (Fsp3) is 0.778. The van der Waals surface area contributed by atoms with E-state index in [2.05, 4.69) is 5.92 Å². The molecular formula is C9H16O2. The SMILES string of the molecule is C#CC(O)(C(C)C)C(C)CO. The van der Waals surface area contributed by atoms with Gasteiger partial charge in [0, 0.05) is 12.5 Å². The fourth-order valence-electron chi connectivity index (χ4n) is 1.02. The lowest BCUT2D eigenvalue weighted by Crippen LogP contribution is -2.41. The van der Waals surface area contributed by atoms with Gasteiger partial charge in [-0.15, -0.1) is 6.42 Å². The molecular weight excluding hydrogens is 140 g/mol. The first kappa shape index (κ1) is 10.5. The van der Waals surface area contributed by atoms with Crippen molar-refractivity contribution < 1.29 is 10.2 Å². The maximum absolute atomic E-state index is 9.77. The topological polar surface area (TPSA) is 40.5 Å². The van der Waals surface area contributed by atoms with Crippen LogP contribution in [0, 0.1) is 24.2 Å². The molecule has 2 atom stereocenters. The van der Waals surface area contributed by atoms with E-state index in [-0.39, 0.29) is 18.4 Å². The minimum absolute atomic E-state index is 0.0327. The molecule has 0 heterocycles. The zero-order valence-electron chi connectivity index (χ0n) is 7.33. The van der Waals surface area contributed by atoms with Crippen LogP contribution in [0.2, 0.25) is 0 Å². The molecule has 0 radical (unpaired) electrons. The smallest absolute Gasteiger partial charge is 0.132 e. The second-order valence-electron chi connectivity index (χ2n) is 3.21. The summed E-state index contributed by atoms with van der Waals surface area (Å²) in [5.41, 5.74) is -1.17. The highest BCUT2D eigenvalue weighted by Gasteiger charge is 2.34. The third-order valence-electron chi connectivity index (χ3n) is 2.14. The molecule has 0 aliphatic carbocycles. The first-order chi connectivity index (χ1) is 4.99. The molecule has 2 N–H and O–H groups in total. The van der Waals surface area contributed by atoms with Gasteiger partial charge in [0.05, 0.1) is 0 Å². The minimum Gasteiger partial charge on any atom is -0.396 e. The summed E-state index contributed by atoms with van der Waals surface area (Å²) >= 11 is 0. The van der Waals surface area contributed by atoms with E-state index < -0.39 is 5.60 Å². The summed E-state index contributed by atoms with van der Waals surface area (Å²) in [5.74, 6) is 2.02. The maximum atomic E-state index is 9.77. The fourth-order valence-corrected chi connectivity index (χ4v) is 1.02. The van der Waals surface area contributed by atoms with E-state index in [0.717, 1.165) is 0 Å². The lowest BCUT2D eigenvalue weighted by molar-refractivity contribution is -0.0185. The molecule has 0 bridgehead atoms. The van der Waals surface area contributed by atoms with Gasteiger partial charge in [0.15, 0.2) is 0 Å². The van der Waals surface area contributed by atoms with Crippen LogP contribution in [0.15, 0.2) is 0 Å². The zero-order valence-corrected chi connectivity index (χ0v) is 7.33. The quantitative estimate of drug-likeness (QED) is 0.588. The number of terminal acetylenes is 1. The average Bonchev–Trinajstić information content (AvgIpc) is 2.01. The van der Waals surface area contributed by atoms with Crippen molar-refractivity contribution in [2.45, 2.75) is 26.4 Å². The van der Waals surface area contributed by atoms with Gasteiger partial charge >= 0.3 is 0 Å². The summed E-state index contributed by atoms with van der Waals surface area (Å²) in [5, 5.41) is 18.6. The van der Waals surface area contributed by atoms with Crippen LogP contribution in [0.4, 0.5) is 0 Å². The highest BCUT2D eigenvalue weighted by atomic mass is 16.3. The van der Waals surface area contributed by atoms with Crippen molar-refractivity contribution in [1.29, 1.82) is 0 Å². The van der Waals surface area contributed by atoms with Crippen molar-refractivity contribution in [3.8, 4) is 12.3 Å². The number of aliphatic hydroxyl groups excluding tert-OH is 1. The molecule has 0 aromatic heterocycles. The Morgan fingerprint density at radius 3 is 2.00 bits per heavy atom. The van der Waals surface area contributed by atoms with Gasteiger partial charge in [0.1, 0.15) is 5.60 Å². The van der Waals surface area contributed by atoms with Crippen molar-refractivity contribution in [2.75, 3.05) is 6.61 Å². The van der Waals surface area contributed by atoms with E-state index in [4.69, 9.17) is 11.5 Å². The molecule has 0 fully saturated rings. The molecule has 2 nitrogen and oxygen atoms in total. The largest absolute Gasteiger partial charge is 0.396 e. The molecule has 11 heavy (non-hydrogen) atoms. The molecule has 0 aliphatic heterocycles. The summed E-state index contributed by atoms with van der Waals surface area (Å²) in [4.78, 5) is 0. The predicted molar refractivity (Wildman–Crippen MR) is 44.9 cm³/mol. The van der Waals surface area contributed by atoms with Crippen LogP contribution in [0.3, 0.4) is 0 Å². The molecule has 0 saturated heterocycles. The van der Waals surface area contributed by atoms with Crippen molar-refractivity contribution in [3.05, 3.63) is 0 Å². The summed E-state index contributed by atoms with van der Waals surface area (Å²) in [7, 11) is 0. The Hall–Kier alpha value is -0.520. The molecule has 0 aromatic rings. The average molecular weight is 156 g/mol. The Balaban J connectivity index is 4.49. The first-order valence-electron chi connectivity index (χ1n) is 3.80. The van der Waals surface area contributed by atoms with E-state index in [1.807, 2.05) is 13.8 Å². The molecule has 0 aliphatic rings. The highest BCUT2D eigenvalue weighted by Crippen LogP contribution is 2.24. The number of hydrogen-bond donors (Lipinski definition) is 2. The summed E-state index contributed by atoms with van der Waals surface area (Å²) in [6.07, 6.45) is 5.17. The molecule has 0 spiro atoms. The maximum Gasteiger partial charge on any atom is 0.132 e. The standard InChI is InChI=1S/C9H16O2/c1-5-9(11,7(2)3)8(4)6-10/h1,7-8,10-11H,6H2,2-4H3. The lowest BCUT2D eigenvalue weighted by Gasteiger charge is -2.31. The van der Waals surface area contributed by atoms with Crippen LogP contribution in [0.1, 0.15) is 20.8 Å². The van der Waals surface area contributed by atoms with Crippen LogP contribution >= 0.6 is 0 Å². The van der Waals surface area contributed by atoms with Crippen LogP contribution < -0.4 is 0 Å². The van der Waals surface area contributed by atoms with Crippen molar-refractivity contribution in [3.63, 3.8) is 0 Å². The van der Waals surface area contributed by atoms with Gasteiger partial charge in [-0.2, -0.15) is 0 Å². The van der Waals surface area contributed by atoms with Crippen LogP contribution in [-0.4, -0.2) is 22.4 Å². The zero-order chi connectivity index (χ0) is 9.07. The number of rotatable bonds is 3. The monoisotopic (exact) mass is 156 g/mol. The Labute approximate surface area is 68.2 Å². The van der Waals surface area contributed by atoms with Crippen molar-refractivity contribution in [2.24, 2.45) is 11.8 Å². The summed E-state index contributed by atoms with van der Waals surface area (Å²) in [6, 6.07) is 0. The third-order valence-corrected chi connectivity index (χ3v) is 2.14. The molecule has 2 unspecified atom stereocenters. The molecule has 0 saturated carbocycles. The molecule has 64 valence electrons. The minimum atomic E-state index is -1.17. The number of hydrogen-bond acceptors (Lipinski definition) is 2. The highest BCUT2D eigenvalue weighted by molar-refractivity contribution is 5.11. The van der Waals surface area contributed by atoms with Crippen LogP contribution in [0.25, 0.3) is 0 Å². The Bertz CT molecular complexity index is 157. The van der Waals surface area contributed by atoms with Gasteiger partial charge in [-0.3, -0.25) is 0 Å². The van der Waals surface area contributed by atoms with Gasteiger partial charge in [-0.1, -0.05) is 26.7 Å².